The third kappa shape index (κ3) is 6.24. The Kier molecular flexibility index (Phi) is 4.34. The van der Waals surface area contributed by atoms with Gasteiger partial charge < -0.3 is 10.8 Å². The van der Waals surface area contributed by atoms with Gasteiger partial charge in [0.25, 0.3) is 0 Å². The molecular weight excluding hydrogens is 174 g/mol. The number of hydrogen-bond donors (Lipinski definition) is 2. The molecule has 0 saturated heterocycles. The van der Waals surface area contributed by atoms with Gasteiger partial charge in [-0.15, -0.1) is 0 Å². The topological polar surface area (TPSA) is 63.3 Å². The zero-order valence-corrected chi connectivity index (χ0v) is 8.28. The Hall–Kier alpha value is -0.480. The molecule has 0 saturated carbocycles. The van der Waals surface area contributed by atoms with Crippen molar-refractivity contribution in [3.05, 3.63) is 12.2 Å². The Morgan fingerprint density at radius 3 is 2.50 bits per heavy atom. The maximum absolute atomic E-state index is 10.3. The molecule has 0 aliphatic rings. The summed E-state index contributed by atoms with van der Waals surface area (Å²) in [4.78, 5) is 10.3. The molecule has 0 aromatic heterocycles. The normalized spacial score (nSPS) is 11.2. The van der Waals surface area contributed by atoms with E-state index < -0.39 is 5.97 Å². The zero-order valence-electron chi connectivity index (χ0n) is 7.46. The minimum atomic E-state index is -0.933. The third-order valence-corrected chi connectivity index (χ3v) is 2.55. The van der Waals surface area contributed by atoms with Gasteiger partial charge in [-0.25, -0.2) is 4.79 Å². The maximum atomic E-state index is 10.3. The monoisotopic (exact) mass is 189 g/mol. The maximum Gasteiger partial charge on any atom is 0.331 e. The first-order chi connectivity index (χ1) is 5.33. The molecule has 0 spiro atoms. The summed E-state index contributed by atoms with van der Waals surface area (Å²) in [6.07, 6.45) is 0. The average molecular weight is 189 g/mol. The first-order valence-electron chi connectivity index (χ1n) is 3.60. The molecule has 70 valence electrons. The molecule has 0 unspecified atom stereocenters. The van der Waals surface area contributed by atoms with Crippen molar-refractivity contribution in [2.45, 2.75) is 19.4 Å². The van der Waals surface area contributed by atoms with E-state index in [0.717, 1.165) is 5.75 Å². The van der Waals surface area contributed by atoms with Gasteiger partial charge >= 0.3 is 5.97 Å². The predicted molar refractivity (Wildman–Crippen MR) is 52.4 cm³/mol. The summed E-state index contributed by atoms with van der Waals surface area (Å²) in [7, 11) is 0. The van der Waals surface area contributed by atoms with Gasteiger partial charge in [0, 0.05) is 22.6 Å². The van der Waals surface area contributed by atoms with Gasteiger partial charge in [-0.3, -0.25) is 0 Å². The molecule has 0 bridgehead atoms. The number of carboxylic acid groups (broad SMARTS) is 1. The van der Waals surface area contributed by atoms with Crippen LogP contribution >= 0.6 is 11.8 Å². The fourth-order valence-electron chi connectivity index (χ4n) is 0.499. The van der Waals surface area contributed by atoms with Crippen molar-refractivity contribution < 1.29 is 9.90 Å². The van der Waals surface area contributed by atoms with Crippen molar-refractivity contribution in [2.75, 3.05) is 11.5 Å². The van der Waals surface area contributed by atoms with Crippen molar-refractivity contribution in [3.63, 3.8) is 0 Å². The summed E-state index contributed by atoms with van der Waals surface area (Å²) in [5.41, 5.74) is 5.68. The molecule has 0 rings (SSSR count). The Bertz CT molecular complexity index is 184. The van der Waals surface area contributed by atoms with Crippen LogP contribution in [0.15, 0.2) is 12.2 Å². The van der Waals surface area contributed by atoms with E-state index in [1.807, 2.05) is 13.8 Å². The first-order valence-corrected chi connectivity index (χ1v) is 4.76. The molecule has 0 radical (unpaired) electrons. The molecule has 0 aromatic rings. The molecule has 0 aromatic carbocycles. The van der Waals surface area contributed by atoms with Crippen molar-refractivity contribution in [2.24, 2.45) is 5.73 Å². The average Bonchev–Trinajstić information content (AvgIpc) is 1.84. The van der Waals surface area contributed by atoms with Crippen LogP contribution < -0.4 is 5.73 Å². The molecular formula is C8H15NO2S. The second kappa shape index (κ2) is 4.52. The van der Waals surface area contributed by atoms with Crippen LogP contribution in [0.1, 0.15) is 13.8 Å². The number of hydrogen-bond acceptors (Lipinski definition) is 3. The highest BCUT2D eigenvalue weighted by Gasteiger charge is 2.11. The quantitative estimate of drug-likeness (QED) is 0.636. The Labute approximate surface area is 77.0 Å². The largest absolute Gasteiger partial charge is 0.478 e. The van der Waals surface area contributed by atoms with Crippen LogP contribution in [0.5, 0.6) is 0 Å². The van der Waals surface area contributed by atoms with Gasteiger partial charge in [-0.1, -0.05) is 6.58 Å². The van der Waals surface area contributed by atoms with Gasteiger partial charge in [-0.2, -0.15) is 11.8 Å². The number of carboxylic acids is 1. The standard InChI is InChI=1S/C8H15NO2S/c1-6(7(10)11)4-12-5-8(2,3)9/h1,4-5,9H2,2-3H3,(H,10,11). The molecule has 3 nitrogen and oxygen atoms in total. The highest BCUT2D eigenvalue weighted by Crippen LogP contribution is 2.12. The van der Waals surface area contributed by atoms with Crippen LogP contribution in [-0.2, 0) is 4.79 Å². The Balaban J connectivity index is 3.58. The Morgan fingerprint density at radius 2 is 2.17 bits per heavy atom. The minimum absolute atomic E-state index is 0.226. The van der Waals surface area contributed by atoms with Gasteiger partial charge in [0.05, 0.1) is 0 Å². The molecule has 0 fully saturated rings. The van der Waals surface area contributed by atoms with E-state index in [-0.39, 0.29) is 11.1 Å². The van der Waals surface area contributed by atoms with E-state index in [0.29, 0.717) is 5.75 Å². The lowest BCUT2D eigenvalue weighted by Gasteiger charge is -2.17. The van der Waals surface area contributed by atoms with Crippen LogP contribution in [0.2, 0.25) is 0 Å². The van der Waals surface area contributed by atoms with E-state index in [9.17, 15) is 4.79 Å². The number of aliphatic carboxylic acids is 1. The fraction of sp³-hybridized carbons (Fsp3) is 0.625. The molecule has 3 N–H and O–H groups in total. The molecule has 0 heterocycles. The van der Waals surface area contributed by atoms with E-state index in [1.165, 1.54) is 11.8 Å². The molecule has 0 aliphatic carbocycles. The minimum Gasteiger partial charge on any atom is -0.478 e. The SMILES string of the molecule is C=C(CSCC(C)(C)N)C(=O)O. The van der Waals surface area contributed by atoms with E-state index in [1.54, 1.807) is 0 Å². The first kappa shape index (κ1) is 11.5. The van der Waals surface area contributed by atoms with Crippen molar-refractivity contribution >= 4 is 17.7 Å². The van der Waals surface area contributed by atoms with Crippen molar-refractivity contribution in [3.8, 4) is 0 Å². The summed E-state index contributed by atoms with van der Waals surface area (Å²) >= 11 is 1.49. The van der Waals surface area contributed by atoms with Gasteiger partial charge in [0.1, 0.15) is 0 Å². The molecule has 0 aliphatic heterocycles. The van der Waals surface area contributed by atoms with Crippen LogP contribution in [-0.4, -0.2) is 28.1 Å². The highest BCUT2D eigenvalue weighted by atomic mass is 32.2. The van der Waals surface area contributed by atoms with Crippen LogP contribution in [0.4, 0.5) is 0 Å². The molecule has 12 heavy (non-hydrogen) atoms. The number of nitrogens with two attached hydrogens (primary N) is 1. The summed E-state index contributed by atoms with van der Waals surface area (Å²) in [5, 5.41) is 8.47. The fourth-order valence-corrected chi connectivity index (χ4v) is 1.50. The third-order valence-electron chi connectivity index (χ3n) is 1.05. The molecule has 0 amide bonds. The lowest BCUT2D eigenvalue weighted by Crippen LogP contribution is -2.34. The van der Waals surface area contributed by atoms with Crippen LogP contribution in [0, 0.1) is 0 Å². The predicted octanol–water partition coefficient (Wildman–Crippen LogP) is 1.10. The van der Waals surface area contributed by atoms with Crippen LogP contribution in [0.25, 0.3) is 0 Å². The van der Waals surface area contributed by atoms with Crippen LogP contribution in [0.3, 0.4) is 0 Å². The lowest BCUT2D eigenvalue weighted by atomic mass is 10.1. The van der Waals surface area contributed by atoms with Gasteiger partial charge in [0.15, 0.2) is 0 Å². The summed E-state index contributed by atoms with van der Waals surface area (Å²) in [5.74, 6) is 0.243. The second-order valence-corrected chi connectivity index (χ2v) is 4.38. The summed E-state index contributed by atoms with van der Waals surface area (Å²) in [6.45, 7) is 7.23. The number of rotatable bonds is 5. The highest BCUT2D eigenvalue weighted by molar-refractivity contribution is 7.99. The molecule has 0 atom stereocenters. The molecule has 4 heteroatoms. The summed E-state index contributed by atoms with van der Waals surface area (Å²) in [6, 6.07) is 0. The van der Waals surface area contributed by atoms with Crippen molar-refractivity contribution in [1.29, 1.82) is 0 Å². The van der Waals surface area contributed by atoms with E-state index >= 15 is 0 Å². The second-order valence-electron chi connectivity index (χ2n) is 3.39. The van der Waals surface area contributed by atoms with E-state index in [2.05, 4.69) is 6.58 Å². The van der Waals surface area contributed by atoms with E-state index in [4.69, 9.17) is 10.8 Å². The number of thioether (sulfide) groups is 1. The summed E-state index contributed by atoms with van der Waals surface area (Å²) < 4.78 is 0. The van der Waals surface area contributed by atoms with Gasteiger partial charge in [-0.05, 0) is 13.8 Å². The zero-order chi connectivity index (χ0) is 9.78. The number of carbonyl (C=O) groups is 1. The smallest absolute Gasteiger partial charge is 0.331 e. The Morgan fingerprint density at radius 1 is 1.67 bits per heavy atom. The van der Waals surface area contributed by atoms with Gasteiger partial charge in [0.2, 0.25) is 0 Å². The lowest BCUT2D eigenvalue weighted by molar-refractivity contribution is -0.132. The van der Waals surface area contributed by atoms with Crippen molar-refractivity contribution in [1.82, 2.24) is 0 Å².